The summed E-state index contributed by atoms with van der Waals surface area (Å²) in [4.78, 5) is 17.3. The van der Waals surface area contributed by atoms with Gasteiger partial charge in [0, 0.05) is 11.4 Å². The molecule has 0 unspecified atom stereocenters. The van der Waals surface area contributed by atoms with Gasteiger partial charge < -0.3 is 22.3 Å². The van der Waals surface area contributed by atoms with Gasteiger partial charge in [0.2, 0.25) is 0 Å². The van der Waals surface area contributed by atoms with E-state index < -0.39 is 5.97 Å². The van der Waals surface area contributed by atoms with E-state index in [9.17, 15) is 4.79 Å². The zero-order chi connectivity index (χ0) is 16.7. The fourth-order valence-corrected chi connectivity index (χ4v) is 2.39. The summed E-state index contributed by atoms with van der Waals surface area (Å²) in [6, 6.07) is 18.9. The van der Waals surface area contributed by atoms with Crippen LogP contribution in [0.3, 0.4) is 0 Å². The van der Waals surface area contributed by atoms with Crippen molar-refractivity contribution in [3.8, 4) is 6.57 Å². The minimum atomic E-state index is -0.642. The van der Waals surface area contributed by atoms with Crippen molar-refractivity contribution in [2.24, 2.45) is 0 Å². The highest BCUT2D eigenvalue weighted by molar-refractivity contribution is 7.63. The molecule has 0 radical (unpaired) electrons. The average Bonchev–Trinajstić information content (AvgIpc) is 2.58. The number of hydrogen-bond donors (Lipinski definition) is 0. The first-order valence-electron chi connectivity index (χ1n) is 7.08. The van der Waals surface area contributed by atoms with Crippen LogP contribution in [0.2, 0.25) is 0 Å². The maximum atomic E-state index is 12.0. The lowest BCUT2D eigenvalue weighted by Crippen LogP contribution is -2.19. The molecule has 0 atom stereocenters. The molecule has 0 bridgehead atoms. The van der Waals surface area contributed by atoms with E-state index in [2.05, 4.69) is 4.85 Å². The van der Waals surface area contributed by atoms with Gasteiger partial charge in [-0.1, -0.05) is 36.4 Å². The molecule has 0 amide bonds. The molecule has 0 saturated carbocycles. The number of hydrogen-bond acceptors (Lipinski definition) is 4. The van der Waals surface area contributed by atoms with Crippen molar-refractivity contribution < 1.29 is 9.53 Å². The number of rotatable bonds is 5. The highest BCUT2D eigenvalue weighted by atomic mass is 32.1. The number of nitrogens with zero attached hydrogens (tertiary/aromatic N) is 2. The molecule has 0 N–H and O–H groups in total. The van der Waals surface area contributed by atoms with E-state index in [0.717, 1.165) is 11.4 Å². The molecule has 2 aromatic rings. The fourth-order valence-electron chi connectivity index (χ4n) is 2.04. The van der Waals surface area contributed by atoms with Gasteiger partial charge in [0.15, 0.2) is 0 Å². The summed E-state index contributed by atoms with van der Waals surface area (Å²) in [6.45, 7) is 7.30. The second-order valence-electron chi connectivity index (χ2n) is 4.51. The van der Waals surface area contributed by atoms with E-state index in [0.29, 0.717) is 0 Å². The Labute approximate surface area is 141 Å². The number of ether oxygens (including phenoxy) is 1. The van der Waals surface area contributed by atoms with Crippen molar-refractivity contribution >= 4 is 30.0 Å². The summed E-state index contributed by atoms with van der Waals surface area (Å²) in [5.41, 5.74) is 1.51. The third kappa shape index (κ3) is 3.87. The van der Waals surface area contributed by atoms with E-state index in [4.69, 9.17) is 23.9 Å². The Bertz CT molecular complexity index is 697. The van der Waals surface area contributed by atoms with Gasteiger partial charge in [0.05, 0.1) is 6.61 Å². The van der Waals surface area contributed by atoms with Crippen molar-refractivity contribution in [3.63, 3.8) is 0 Å². The highest BCUT2D eigenvalue weighted by Crippen LogP contribution is 2.30. The van der Waals surface area contributed by atoms with Crippen LogP contribution in [0.4, 0.5) is 11.4 Å². The first-order valence-corrected chi connectivity index (χ1v) is 7.49. The predicted octanol–water partition coefficient (Wildman–Crippen LogP) is 4.07. The van der Waals surface area contributed by atoms with Crippen LogP contribution in [0.5, 0.6) is 0 Å². The van der Waals surface area contributed by atoms with Gasteiger partial charge in [0.1, 0.15) is 0 Å². The molecule has 23 heavy (non-hydrogen) atoms. The Morgan fingerprint density at radius 2 is 1.57 bits per heavy atom. The molecule has 2 rings (SSSR count). The van der Waals surface area contributed by atoms with E-state index in [-0.39, 0.29) is 17.3 Å². The molecule has 0 aromatic heterocycles. The summed E-state index contributed by atoms with van der Waals surface area (Å²) < 4.78 is 4.97. The number of esters is 1. The zero-order valence-corrected chi connectivity index (χ0v) is 13.5. The van der Waals surface area contributed by atoms with Crippen molar-refractivity contribution in [2.45, 2.75) is 6.92 Å². The molecule has 0 fully saturated rings. The fraction of sp³-hybridized carbons (Fsp3) is 0.111. The Kier molecular flexibility index (Phi) is 5.73. The third-order valence-corrected chi connectivity index (χ3v) is 3.41. The first-order chi connectivity index (χ1) is 11.2. The lowest BCUT2D eigenvalue weighted by atomic mass is 10.2. The molecule has 2 aromatic carbocycles. The largest absolute Gasteiger partial charge is 0.754 e. The molecule has 0 aliphatic heterocycles. The number of anilines is 2. The topological polar surface area (TPSA) is 33.9 Å². The van der Waals surface area contributed by atoms with Crippen molar-refractivity contribution in [1.29, 1.82) is 0 Å². The van der Waals surface area contributed by atoms with Gasteiger partial charge in [-0.25, -0.2) is 4.79 Å². The van der Waals surface area contributed by atoms with E-state index in [1.54, 1.807) is 11.8 Å². The predicted molar refractivity (Wildman–Crippen MR) is 94.4 cm³/mol. The maximum Gasteiger partial charge on any atom is 0.423 e. The minimum absolute atomic E-state index is 0.0884. The Balaban J connectivity index is 2.58. The summed E-state index contributed by atoms with van der Waals surface area (Å²) in [6.07, 6.45) is 0. The van der Waals surface area contributed by atoms with E-state index in [1.165, 1.54) is 0 Å². The number of carbonyl (C=O) groups excluding carboxylic acids is 1. The molecular formula is C18H16N2O2S. The smallest absolute Gasteiger partial charge is 0.423 e. The van der Waals surface area contributed by atoms with E-state index in [1.807, 2.05) is 60.7 Å². The van der Waals surface area contributed by atoms with Crippen molar-refractivity contribution in [3.05, 3.63) is 76.2 Å². The summed E-state index contributed by atoms with van der Waals surface area (Å²) in [5, 5.41) is 0.184. The molecule has 5 heteroatoms. The van der Waals surface area contributed by atoms with Gasteiger partial charge in [-0.2, -0.15) is 0 Å². The Morgan fingerprint density at radius 1 is 1.09 bits per heavy atom. The molecule has 0 aliphatic carbocycles. The standard InChI is InChI=1S/C18H16N2O2S/c1-3-22-18(21)16(19-2)17(23)20(14-10-6-4-7-11-14)15-12-8-5-9-13-15/h2,4-13H,3H2,1H3. The SMILES string of the molecule is C#[N+]/C(C(=O)OCC)=C(\[S-])N(c1ccccc1)c1ccccc1. The number of para-hydroxylation sites is 2. The van der Waals surface area contributed by atoms with Crippen LogP contribution in [-0.2, 0) is 22.2 Å². The molecule has 4 nitrogen and oxygen atoms in total. The van der Waals surface area contributed by atoms with Gasteiger partial charge in [-0.15, -0.1) is 0 Å². The van der Waals surface area contributed by atoms with E-state index >= 15 is 0 Å². The first kappa shape index (κ1) is 16.5. The normalized spacial score (nSPS) is 11.1. The molecule has 116 valence electrons. The lowest BCUT2D eigenvalue weighted by Gasteiger charge is -2.30. The average molecular weight is 324 g/mol. The summed E-state index contributed by atoms with van der Waals surface area (Å²) in [7, 11) is 0. The second kappa shape index (κ2) is 7.97. The number of carbonyl (C=O) groups is 1. The molecule has 0 spiro atoms. The van der Waals surface area contributed by atoms with Gasteiger partial charge in [-0.3, -0.25) is 0 Å². The van der Waals surface area contributed by atoms with Crippen LogP contribution < -0.4 is 4.90 Å². The van der Waals surface area contributed by atoms with Crippen LogP contribution in [0.15, 0.2) is 71.4 Å². The maximum absolute atomic E-state index is 12.0. The van der Waals surface area contributed by atoms with Crippen molar-refractivity contribution in [1.82, 2.24) is 0 Å². The molecule has 0 saturated heterocycles. The van der Waals surface area contributed by atoms with Gasteiger partial charge >= 0.3 is 11.7 Å². The van der Waals surface area contributed by atoms with Gasteiger partial charge in [-0.05, 0) is 41.1 Å². The molecular weight excluding hydrogens is 308 g/mol. The third-order valence-electron chi connectivity index (χ3n) is 3.03. The van der Waals surface area contributed by atoms with Crippen LogP contribution in [0.1, 0.15) is 6.92 Å². The van der Waals surface area contributed by atoms with Crippen LogP contribution in [0.25, 0.3) is 4.85 Å². The van der Waals surface area contributed by atoms with Gasteiger partial charge in [0.25, 0.3) is 6.57 Å². The van der Waals surface area contributed by atoms with Crippen molar-refractivity contribution in [2.75, 3.05) is 11.5 Å². The van der Waals surface area contributed by atoms with Crippen LogP contribution in [-0.4, -0.2) is 12.6 Å². The zero-order valence-electron chi connectivity index (χ0n) is 12.7. The lowest BCUT2D eigenvalue weighted by molar-refractivity contribution is -0.138. The molecule has 0 heterocycles. The summed E-state index contributed by atoms with van der Waals surface area (Å²) in [5.74, 6) is -0.642. The second-order valence-corrected chi connectivity index (χ2v) is 4.90. The van der Waals surface area contributed by atoms with Crippen LogP contribution in [0, 0.1) is 6.57 Å². The quantitative estimate of drug-likeness (QED) is 0.472. The summed E-state index contributed by atoms with van der Waals surface area (Å²) >= 11 is 5.46. The monoisotopic (exact) mass is 324 g/mol. The number of benzene rings is 2. The Morgan fingerprint density at radius 3 is 1.96 bits per heavy atom. The highest BCUT2D eigenvalue weighted by Gasteiger charge is 2.25. The minimum Gasteiger partial charge on any atom is -0.754 e. The Hall–Kier alpha value is -2.84. The molecule has 0 aliphatic rings. The van der Waals surface area contributed by atoms with Crippen LogP contribution >= 0.6 is 0 Å².